The van der Waals surface area contributed by atoms with Crippen molar-refractivity contribution in [3.05, 3.63) is 46.8 Å². The molecule has 0 aliphatic heterocycles. The Morgan fingerprint density at radius 2 is 1.83 bits per heavy atom. The van der Waals surface area contributed by atoms with E-state index in [-0.39, 0.29) is 32.7 Å². The summed E-state index contributed by atoms with van der Waals surface area (Å²) < 4.78 is 0. The third-order valence-corrected chi connectivity index (χ3v) is 1.67. The van der Waals surface area contributed by atoms with Gasteiger partial charge in [-0.2, -0.15) is 0 Å². The zero-order valence-electron chi connectivity index (χ0n) is 6.37. The van der Waals surface area contributed by atoms with Crippen LogP contribution >= 0.6 is 0 Å². The zero-order valence-corrected chi connectivity index (χ0v) is 10.3. The van der Waals surface area contributed by atoms with Crippen molar-refractivity contribution in [1.29, 1.82) is 0 Å². The van der Waals surface area contributed by atoms with E-state index in [0.717, 1.165) is 10.9 Å². The van der Waals surface area contributed by atoms with Gasteiger partial charge in [0.15, 0.2) is 5.43 Å². The number of para-hydroxylation sites is 1. The van der Waals surface area contributed by atoms with E-state index in [0.29, 0.717) is 0 Å². The third kappa shape index (κ3) is 1.57. The first kappa shape index (κ1) is 9.44. The van der Waals surface area contributed by atoms with E-state index in [1.807, 2.05) is 24.3 Å². The Balaban J connectivity index is 0.000000720. The molecule has 12 heavy (non-hydrogen) atoms. The van der Waals surface area contributed by atoms with Crippen LogP contribution in [-0.4, -0.2) is 32.3 Å². The quantitative estimate of drug-likeness (QED) is 0.709. The summed E-state index contributed by atoms with van der Waals surface area (Å²) in [6.45, 7) is 0. The fourth-order valence-corrected chi connectivity index (χ4v) is 1.12. The molecule has 0 unspecified atom stereocenters. The molecule has 2 aromatic rings. The van der Waals surface area contributed by atoms with Gasteiger partial charge in [0, 0.05) is 50.5 Å². The number of rotatable bonds is 0. The number of fused-ring (bicyclic) bond motifs is 1. The van der Waals surface area contributed by atoms with E-state index >= 15 is 0 Å². The fourth-order valence-electron chi connectivity index (χ4n) is 1.12. The van der Waals surface area contributed by atoms with Gasteiger partial charge in [-0.3, -0.25) is 4.79 Å². The van der Waals surface area contributed by atoms with Gasteiger partial charge < -0.3 is 4.98 Å². The maximum absolute atomic E-state index is 11.2. The van der Waals surface area contributed by atoms with E-state index in [9.17, 15) is 4.79 Å². The Bertz CT molecular complexity index is 430. The molecule has 0 bridgehead atoms. The van der Waals surface area contributed by atoms with Crippen molar-refractivity contribution in [2.75, 3.05) is 0 Å². The molecule has 0 saturated heterocycles. The van der Waals surface area contributed by atoms with E-state index < -0.39 is 0 Å². The first-order valence-electron chi connectivity index (χ1n) is 3.44. The minimum Gasteiger partial charge on any atom is -0.361 e. The fraction of sp³-hybridized carbons (Fsp3) is 0. The molecule has 58 valence electrons. The van der Waals surface area contributed by atoms with E-state index in [4.69, 9.17) is 0 Å². The Morgan fingerprint density at radius 3 is 2.58 bits per heavy atom. The standard InChI is InChI=1S/C9H7NO.Pb/c11-9-5-6-10-8-4-2-1-3-7(8)9;/h1-6H,(H,10,11);. The Hall–Kier alpha value is -0.648. The van der Waals surface area contributed by atoms with E-state index in [2.05, 4.69) is 4.98 Å². The molecule has 2 nitrogen and oxygen atoms in total. The van der Waals surface area contributed by atoms with Crippen LogP contribution < -0.4 is 5.43 Å². The van der Waals surface area contributed by atoms with Gasteiger partial charge in [-0.1, -0.05) is 12.1 Å². The molecule has 0 aliphatic rings. The first-order chi connectivity index (χ1) is 5.38. The van der Waals surface area contributed by atoms with Crippen LogP contribution in [0.3, 0.4) is 0 Å². The molecule has 0 aliphatic carbocycles. The molecule has 4 radical (unpaired) electrons. The predicted octanol–water partition coefficient (Wildman–Crippen LogP) is 1.15. The number of aromatic amines is 1. The second-order valence-corrected chi connectivity index (χ2v) is 2.39. The number of hydrogen-bond donors (Lipinski definition) is 1. The summed E-state index contributed by atoms with van der Waals surface area (Å²) in [5.74, 6) is 0. The van der Waals surface area contributed by atoms with Crippen molar-refractivity contribution in [2.45, 2.75) is 0 Å². The summed E-state index contributed by atoms with van der Waals surface area (Å²) in [5, 5.41) is 0.745. The second-order valence-electron chi connectivity index (χ2n) is 2.39. The van der Waals surface area contributed by atoms with Crippen molar-refractivity contribution in [1.82, 2.24) is 4.98 Å². The van der Waals surface area contributed by atoms with Gasteiger partial charge in [-0.25, -0.2) is 0 Å². The van der Waals surface area contributed by atoms with Crippen molar-refractivity contribution in [3.8, 4) is 0 Å². The molecular weight excluding hydrogens is 345 g/mol. The summed E-state index contributed by atoms with van der Waals surface area (Å²) in [7, 11) is 0. The van der Waals surface area contributed by atoms with Crippen LogP contribution in [0.1, 0.15) is 0 Å². The molecule has 0 saturated carbocycles. The van der Waals surface area contributed by atoms with E-state index in [1.54, 1.807) is 6.20 Å². The molecule has 0 atom stereocenters. The molecular formula is C9H7NOPb. The molecule has 0 fully saturated rings. The monoisotopic (exact) mass is 353 g/mol. The van der Waals surface area contributed by atoms with Gasteiger partial charge in [0.1, 0.15) is 0 Å². The molecule has 3 heteroatoms. The van der Waals surface area contributed by atoms with Gasteiger partial charge in [-0.05, 0) is 12.1 Å². The van der Waals surface area contributed by atoms with Crippen LogP contribution in [0.15, 0.2) is 41.3 Å². The average Bonchev–Trinajstić information content (AvgIpc) is 2.06. The molecule has 0 amide bonds. The van der Waals surface area contributed by atoms with Crippen LogP contribution in [-0.2, 0) is 0 Å². The van der Waals surface area contributed by atoms with Gasteiger partial charge >= 0.3 is 0 Å². The molecule has 0 spiro atoms. The average molecular weight is 352 g/mol. The topological polar surface area (TPSA) is 32.9 Å². The van der Waals surface area contributed by atoms with Crippen molar-refractivity contribution in [2.24, 2.45) is 0 Å². The van der Waals surface area contributed by atoms with Gasteiger partial charge in [0.2, 0.25) is 0 Å². The Morgan fingerprint density at radius 1 is 1.08 bits per heavy atom. The summed E-state index contributed by atoms with van der Waals surface area (Å²) in [6.07, 6.45) is 1.66. The maximum atomic E-state index is 11.2. The number of pyridine rings is 1. The number of H-pyrrole nitrogens is 1. The van der Waals surface area contributed by atoms with Crippen LogP contribution in [0.4, 0.5) is 0 Å². The van der Waals surface area contributed by atoms with Crippen LogP contribution in [0.25, 0.3) is 10.9 Å². The number of nitrogens with one attached hydrogen (secondary N) is 1. The number of benzene rings is 1. The Kier molecular flexibility index (Phi) is 3.02. The third-order valence-electron chi connectivity index (χ3n) is 1.67. The minimum absolute atomic E-state index is 0. The molecule has 2 rings (SSSR count). The summed E-state index contributed by atoms with van der Waals surface area (Å²) >= 11 is 0. The number of aromatic nitrogens is 1. The van der Waals surface area contributed by atoms with Crippen LogP contribution in [0.2, 0.25) is 0 Å². The Labute approximate surface area is 89.8 Å². The molecule has 1 aromatic heterocycles. The summed E-state index contributed by atoms with van der Waals surface area (Å²) in [5.41, 5.74) is 0.958. The zero-order chi connectivity index (χ0) is 7.68. The van der Waals surface area contributed by atoms with E-state index in [1.165, 1.54) is 6.07 Å². The largest absolute Gasteiger partial charge is 0.361 e. The molecule has 1 N–H and O–H groups in total. The second kappa shape index (κ2) is 3.84. The van der Waals surface area contributed by atoms with Crippen molar-refractivity contribution >= 4 is 38.2 Å². The SMILES string of the molecule is O=c1cc[nH]c2ccccc12.[Pb]. The van der Waals surface area contributed by atoms with Crippen molar-refractivity contribution < 1.29 is 0 Å². The van der Waals surface area contributed by atoms with Crippen molar-refractivity contribution in [3.63, 3.8) is 0 Å². The van der Waals surface area contributed by atoms with Gasteiger partial charge in [0.05, 0.1) is 0 Å². The van der Waals surface area contributed by atoms with Crippen LogP contribution in [0.5, 0.6) is 0 Å². The molecule has 1 heterocycles. The maximum Gasteiger partial charge on any atom is 0.189 e. The smallest absolute Gasteiger partial charge is 0.189 e. The summed E-state index contributed by atoms with van der Waals surface area (Å²) in [6, 6.07) is 8.99. The van der Waals surface area contributed by atoms with Gasteiger partial charge in [0.25, 0.3) is 0 Å². The first-order valence-corrected chi connectivity index (χ1v) is 3.44. The van der Waals surface area contributed by atoms with Gasteiger partial charge in [-0.15, -0.1) is 0 Å². The van der Waals surface area contributed by atoms with Crippen LogP contribution in [0, 0.1) is 0 Å². The predicted molar refractivity (Wildman–Crippen MR) is 50.3 cm³/mol. The molecule has 1 aromatic carbocycles. The number of hydrogen-bond acceptors (Lipinski definition) is 1. The summed E-state index contributed by atoms with van der Waals surface area (Å²) in [4.78, 5) is 14.2. The minimum atomic E-state index is 0. The normalized spacial score (nSPS) is 9.33.